The predicted octanol–water partition coefficient (Wildman–Crippen LogP) is 2.16. The Morgan fingerprint density at radius 1 is 0.846 bits per heavy atom. The molecule has 0 fully saturated rings. The van der Waals surface area contributed by atoms with Gasteiger partial charge < -0.3 is 12.9 Å². The molecule has 0 aliphatic rings. The minimum absolute atomic E-state index is 0.00630. The van der Waals surface area contributed by atoms with Gasteiger partial charge in [-0.2, -0.15) is 0 Å². The third kappa shape index (κ3) is 1.96. The molecule has 0 unspecified atom stereocenters. The van der Waals surface area contributed by atoms with Crippen molar-refractivity contribution in [3.63, 3.8) is 0 Å². The summed E-state index contributed by atoms with van der Waals surface area (Å²) in [5, 5.41) is 0. The number of hydrogen-bond donors (Lipinski definition) is 0. The maximum atomic E-state index is 12.4. The van der Waals surface area contributed by atoms with Crippen LogP contribution < -0.4 is 5.46 Å². The number of rotatable bonds is 1. The molecule has 72 valence electrons. The first-order valence-electron chi connectivity index (χ1n) is 3.16. The van der Waals surface area contributed by atoms with Gasteiger partial charge in [0.15, 0.2) is 0 Å². The maximum absolute atomic E-state index is 12.4. The van der Waals surface area contributed by atoms with Crippen LogP contribution in [0.2, 0.25) is 0 Å². The molecule has 0 heterocycles. The Labute approximate surface area is 69.2 Å². The normalized spacial score (nSPS) is 11.8. The molecule has 0 aliphatic carbocycles. The lowest BCUT2D eigenvalue weighted by atomic mass is 9.79. The molecule has 1 aromatic carbocycles. The van der Waals surface area contributed by atoms with Gasteiger partial charge in [-0.05, 0) is 5.46 Å². The fourth-order valence-corrected chi connectivity index (χ4v) is 0.866. The van der Waals surface area contributed by atoms with Gasteiger partial charge in [0.25, 0.3) is 0 Å². The second kappa shape index (κ2) is 2.97. The zero-order valence-electron chi connectivity index (χ0n) is 6.00. The highest BCUT2D eigenvalue weighted by atomic mass is 19.4. The van der Waals surface area contributed by atoms with Crippen LogP contribution in [0.4, 0.5) is 26.1 Å². The molecular weight excluding hydrogens is 197 g/mol. The van der Waals surface area contributed by atoms with Gasteiger partial charge in [0.2, 0.25) is 0 Å². The molecule has 0 atom stereocenters. The highest BCUT2D eigenvalue weighted by Gasteiger charge is 2.32. The molecule has 0 N–H and O–H groups in total. The SMILES string of the molecule is Fc1cc(F)c([B-](F)(F)F)c(F)c1. The van der Waals surface area contributed by atoms with E-state index in [1.807, 2.05) is 0 Å². The van der Waals surface area contributed by atoms with Gasteiger partial charge in [0.1, 0.15) is 17.5 Å². The van der Waals surface area contributed by atoms with Crippen LogP contribution in [0, 0.1) is 17.5 Å². The molecule has 0 radical (unpaired) electrons. The molecule has 7 heteroatoms. The standard InChI is InChI=1S/C6H2BF6/c8-3-1-4(9)6(5(10)2-3)7(11,12)13/h1-2H/q-1. The van der Waals surface area contributed by atoms with Gasteiger partial charge in [-0.3, -0.25) is 0 Å². The van der Waals surface area contributed by atoms with Crippen LogP contribution in [-0.4, -0.2) is 6.98 Å². The lowest BCUT2D eigenvalue weighted by molar-refractivity contribution is 0.480. The van der Waals surface area contributed by atoms with Crippen LogP contribution in [0.1, 0.15) is 0 Å². The van der Waals surface area contributed by atoms with Gasteiger partial charge in [-0.1, -0.05) is 0 Å². The lowest BCUT2D eigenvalue weighted by Crippen LogP contribution is -2.39. The monoisotopic (exact) mass is 199 g/mol. The van der Waals surface area contributed by atoms with E-state index in [4.69, 9.17) is 0 Å². The largest absolute Gasteiger partial charge is 0.515 e. The van der Waals surface area contributed by atoms with Gasteiger partial charge in [-0.15, -0.1) is 0 Å². The Balaban J connectivity index is 3.38. The molecule has 0 aromatic heterocycles. The van der Waals surface area contributed by atoms with E-state index < -0.39 is 29.9 Å². The summed E-state index contributed by atoms with van der Waals surface area (Å²) in [6.45, 7) is -5.79. The second-order valence-corrected chi connectivity index (χ2v) is 2.36. The number of halogens is 6. The molecular formula is C6H2BF6-. The van der Waals surface area contributed by atoms with Crippen LogP contribution in [0.25, 0.3) is 0 Å². The van der Waals surface area contributed by atoms with E-state index in [0.29, 0.717) is 0 Å². The minimum atomic E-state index is -5.79. The second-order valence-electron chi connectivity index (χ2n) is 2.36. The molecule has 0 saturated carbocycles. The van der Waals surface area contributed by atoms with Crippen molar-refractivity contribution in [1.82, 2.24) is 0 Å². The summed E-state index contributed by atoms with van der Waals surface area (Å²) in [7, 11) is 0. The third-order valence-electron chi connectivity index (χ3n) is 1.37. The van der Waals surface area contributed by atoms with Crippen molar-refractivity contribution in [3.05, 3.63) is 29.6 Å². The zero-order chi connectivity index (χ0) is 10.2. The van der Waals surface area contributed by atoms with E-state index >= 15 is 0 Å². The molecule has 13 heavy (non-hydrogen) atoms. The molecule has 1 aromatic rings. The van der Waals surface area contributed by atoms with Crippen molar-refractivity contribution in [2.75, 3.05) is 0 Å². The van der Waals surface area contributed by atoms with Crippen LogP contribution in [0.3, 0.4) is 0 Å². The zero-order valence-corrected chi connectivity index (χ0v) is 6.00. The summed E-state index contributed by atoms with van der Waals surface area (Å²) < 4.78 is 72.7. The molecule has 0 amide bonds. The molecule has 0 nitrogen and oxygen atoms in total. The number of hydrogen-bond acceptors (Lipinski definition) is 0. The maximum Gasteiger partial charge on any atom is 0.515 e. The van der Waals surface area contributed by atoms with Crippen molar-refractivity contribution in [1.29, 1.82) is 0 Å². The summed E-state index contributed by atoms with van der Waals surface area (Å²) in [5.41, 5.74) is -2.01. The van der Waals surface area contributed by atoms with Crippen LogP contribution in [0.5, 0.6) is 0 Å². The minimum Gasteiger partial charge on any atom is -0.445 e. The van der Waals surface area contributed by atoms with E-state index in [0.717, 1.165) is 0 Å². The fraction of sp³-hybridized carbons (Fsp3) is 0. The highest BCUT2D eigenvalue weighted by molar-refractivity contribution is 6.73. The third-order valence-corrected chi connectivity index (χ3v) is 1.37. The molecule has 1 rings (SSSR count). The van der Waals surface area contributed by atoms with Crippen molar-refractivity contribution in [3.8, 4) is 0 Å². The molecule has 0 bridgehead atoms. The summed E-state index contributed by atoms with van der Waals surface area (Å²) >= 11 is 0. The average Bonchev–Trinajstić information content (AvgIpc) is 1.78. The van der Waals surface area contributed by atoms with Crippen molar-refractivity contribution < 1.29 is 26.1 Å². The van der Waals surface area contributed by atoms with Crippen molar-refractivity contribution >= 4 is 12.4 Å². The molecule has 0 aliphatic heterocycles. The van der Waals surface area contributed by atoms with E-state index in [2.05, 4.69) is 0 Å². The van der Waals surface area contributed by atoms with Crippen LogP contribution in [0.15, 0.2) is 12.1 Å². The Morgan fingerprint density at radius 2 is 1.23 bits per heavy atom. The Hall–Kier alpha value is -1.14. The van der Waals surface area contributed by atoms with Gasteiger partial charge in [0.05, 0.1) is 0 Å². The number of benzene rings is 1. The van der Waals surface area contributed by atoms with Crippen molar-refractivity contribution in [2.45, 2.75) is 0 Å². The quantitative estimate of drug-likeness (QED) is 0.480. The van der Waals surface area contributed by atoms with Crippen LogP contribution >= 0.6 is 0 Å². The Morgan fingerprint density at radius 3 is 1.54 bits per heavy atom. The summed E-state index contributed by atoms with van der Waals surface area (Å²) in [4.78, 5) is 0. The summed E-state index contributed by atoms with van der Waals surface area (Å²) in [6.07, 6.45) is 0. The van der Waals surface area contributed by atoms with Crippen molar-refractivity contribution in [2.24, 2.45) is 0 Å². The van der Waals surface area contributed by atoms with E-state index in [1.165, 1.54) is 0 Å². The van der Waals surface area contributed by atoms with E-state index in [1.54, 1.807) is 0 Å². The Kier molecular flexibility index (Phi) is 2.27. The topological polar surface area (TPSA) is 0 Å². The van der Waals surface area contributed by atoms with Crippen LogP contribution in [-0.2, 0) is 0 Å². The predicted molar refractivity (Wildman–Crippen MR) is 35.0 cm³/mol. The molecule has 0 saturated heterocycles. The highest BCUT2D eigenvalue weighted by Crippen LogP contribution is 2.15. The first kappa shape index (κ1) is 9.95. The van der Waals surface area contributed by atoms with Gasteiger partial charge >= 0.3 is 6.98 Å². The van der Waals surface area contributed by atoms with E-state index in [9.17, 15) is 26.1 Å². The smallest absolute Gasteiger partial charge is 0.445 e. The van der Waals surface area contributed by atoms with E-state index in [-0.39, 0.29) is 12.1 Å². The first-order valence-corrected chi connectivity index (χ1v) is 3.16. The fourth-order valence-electron chi connectivity index (χ4n) is 0.866. The van der Waals surface area contributed by atoms with Gasteiger partial charge in [-0.25, -0.2) is 13.2 Å². The van der Waals surface area contributed by atoms with Gasteiger partial charge in [0, 0.05) is 12.1 Å². The summed E-state index contributed by atoms with van der Waals surface area (Å²) in [5.74, 6) is -5.23. The summed E-state index contributed by atoms with van der Waals surface area (Å²) in [6, 6.07) is -0.0126. The Bertz CT molecular complexity index is 307. The molecule has 0 spiro atoms. The first-order chi connectivity index (χ1) is 5.82. The average molecular weight is 199 g/mol. The lowest BCUT2D eigenvalue weighted by Gasteiger charge is -2.16.